The fourth-order valence-electron chi connectivity index (χ4n) is 4.95. The number of benzene rings is 2. The average Bonchev–Trinajstić information content (AvgIpc) is 3.19. The van der Waals surface area contributed by atoms with Crippen molar-refractivity contribution in [3.05, 3.63) is 60.7 Å². The summed E-state index contributed by atoms with van der Waals surface area (Å²) >= 11 is 0. The number of hydrogen-bond acceptors (Lipinski definition) is 6. The molecular weight excluding hydrogens is 424 g/mol. The van der Waals surface area contributed by atoms with Crippen molar-refractivity contribution in [3.8, 4) is 0 Å². The molecule has 2 aliphatic heterocycles. The highest BCUT2D eigenvalue weighted by atomic mass is 28.4. The molecule has 32 heavy (non-hydrogen) atoms. The SMILES string of the molecule is CC1(C)O[C@H]2O[C@](CO)(CO[Si](c3ccccc3)(c3ccccc3)C(C)(C)C)[C@@H](O)[C@H]2O1. The number of aliphatic hydroxyl groups is 2. The van der Waals surface area contributed by atoms with E-state index in [2.05, 4.69) is 45.0 Å². The second-order valence-corrected chi connectivity index (χ2v) is 14.5. The van der Waals surface area contributed by atoms with E-state index in [-0.39, 0.29) is 11.6 Å². The number of hydrogen-bond donors (Lipinski definition) is 2. The summed E-state index contributed by atoms with van der Waals surface area (Å²) in [4.78, 5) is 0. The molecule has 174 valence electrons. The normalized spacial score (nSPS) is 29.8. The second-order valence-electron chi connectivity index (χ2n) is 10.2. The van der Waals surface area contributed by atoms with Crippen molar-refractivity contribution >= 4 is 18.7 Å². The van der Waals surface area contributed by atoms with Crippen molar-refractivity contribution in [3.63, 3.8) is 0 Å². The topological polar surface area (TPSA) is 77.4 Å². The van der Waals surface area contributed by atoms with Crippen LogP contribution in [0.15, 0.2) is 60.7 Å². The molecule has 2 N–H and O–H groups in total. The van der Waals surface area contributed by atoms with Gasteiger partial charge in [-0.1, -0.05) is 81.4 Å². The van der Waals surface area contributed by atoms with Gasteiger partial charge in [0.2, 0.25) is 0 Å². The average molecular weight is 459 g/mol. The van der Waals surface area contributed by atoms with Crippen molar-refractivity contribution in [1.29, 1.82) is 0 Å². The monoisotopic (exact) mass is 458 g/mol. The van der Waals surface area contributed by atoms with E-state index < -0.39 is 44.8 Å². The van der Waals surface area contributed by atoms with E-state index in [1.165, 1.54) is 0 Å². The molecular formula is C25H34O6Si. The zero-order valence-corrected chi connectivity index (χ0v) is 20.4. The summed E-state index contributed by atoms with van der Waals surface area (Å²) in [7, 11) is -2.86. The standard InChI is InChI=1S/C25H34O6Si/c1-23(2,3)32(18-12-8-6-9-13-18,19-14-10-7-11-15-19)28-17-25(16-26)21(27)20-22(31-25)30-24(4,5)29-20/h6-15,20-22,26-27H,16-17H2,1-5H3/t20-,21+,22+,25-/m1/s1. The quantitative estimate of drug-likeness (QED) is 0.646. The Kier molecular flexibility index (Phi) is 6.13. The van der Waals surface area contributed by atoms with E-state index in [0.717, 1.165) is 10.4 Å². The van der Waals surface area contributed by atoms with Crippen LogP contribution < -0.4 is 10.4 Å². The molecule has 4 rings (SSSR count). The van der Waals surface area contributed by atoms with Gasteiger partial charge in [-0.15, -0.1) is 0 Å². The Morgan fingerprint density at radius 2 is 1.44 bits per heavy atom. The molecule has 0 radical (unpaired) electrons. The number of rotatable bonds is 6. The summed E-state index contributed by atoms with van der Waals surface area (Å²) in [5.74, 6) is -0.850. The molecule has 2 aromatic carbocycles. The van der Waals surface area contributed by atoms with Gasteiger partial charge in [0.15, 0.2) is 12.1 Å². The Balaban J connectivity index is 1.73. The highest BCUT2D eigenvalue weighted by Crippen LogP contribution is 2.44. The molecule has 0 bridgehead atoms. The van der Waals surface area contributed by atoms with Crippen LogP contribution in [-0.4, -0.2) is 61.6 Å². The van der Waals surface area contributed by atoms with Gasteiger partial charge in [0.1, 0.15) is 17.8 Å². The molecule has 0 saturated carbocycles. The molecule has 2 fully saturated rings. The maximum Gasteiger partial charge on any atom is 0.261 e. The van der Waals surface area contributed by atoms with E-state index in [1.807, 2.05) is 36.4 Å². The Bertz CT molecular complexity index is 874. The van der Waals surface area contributed by atoms with Crippen LogP contribution in [-0.2, 0) is 18.6 Å². The zero-order valence-electron chi connectivity index (χ0n) is 19.4. The van der Waals surface area contributed by atoms with E-state index in [1.54, 1.807) is 13.8 Å². The number of fused-ring (bicyclic) bond motifs is 1. The largest absolute Gasteiger partial charge is 0.404 e. The Morgan fingerprint density at radius 1 is 0.906 bits per heavy atom. The van der Waals surface area contributed by atoms with E-state index in [0.29, 0.717) is 0 Å². The first-order chi connectivity index (χ1) is 15.0. The first-order valence-electron chi connectivity index (χ1n) is 11.1. The number of aliphatic hydroxyl groups excluding tert-OH is 2. The summed E-state index contributed by atoms with van der Waals surface area (Å²) < 4.78 is 24.7. The van der Waals surface area contributed by atoms with Crippen LogP contribution in [0.1, 0.15) is 34.6 Å². The predicted octanol–water partition coefficient (Wildman–Crippen LogP) is 2.16. The van der Waals surface area contributed by atoms with Crippen LogP contribution in [0.4, 0.5) is 0 Å². The van der Waals surface area contributed by atoms with E-state index in [4.69, 9.17) is 18.6 Å². The van der Waals surface area contributed by atoms with Gasteiger partial charge >= 0.3 is 0 Å². The van der Waals surface area contributed by atoms with Gasteiger partial charge in [-0.05, 0) is 29.3 Å². The van der Waals surface area contributed by atoms with Gasteiger partial charge in [-0.3, -0.25) is 0 Å². The van der Waals surface area contributed by atoms with E-state index >= 15 is 0 Å². The molecule has 6 nitrogen and oxygen atoms in total. The molecule has 2 heterocycles. The van der Waals surface area contributed by atoms with Crippen molar-refractivity contribution in [2.75, 3.05) is 13.2 Å². The third kappa shape index (κ3) is 3.86. The maximum atomic E-state index is 11.1. The minimum absolute atomic E-state index is 0.0120. The first-order valence-corrected chi connectivity index (χ1v) is 13.0. The highest BCUT2D eigenvalue weighted by Gasteiger charge is 2.62. The lowest BCUT2D eigenvalue weighted by atomic mass is 9.97. The lowest BCUT2D eigenvalue weighted by Gasteiger charge is -2.45. The molecule has 0 aromatic heterocycles. The van der Waals surface area contributed by atoms with Gasteiger partial charge in [0.05, 0.1) is 13.2 Å². The molecule has 0 amide bonds. The molecule has 7 heteroatoms. The first kappa shape index (κ1) is 23.6. The van der Waals surface area contributed by atoms with Crippen molar-refractivity contribution in [1.82, 2.24) is 0 Å². The third-order valence-electron chi connectivity index (χ3n) is 6.51. The highest BCUT2D eigenvalue weighted by molar-refractivity contribution is 6.99. The predicted molar refractivity (Wildman–Crippen MR) is 124 cm³/mol. The molecule has 0 aliphatic carbocycles. The molecule has 2 aliphatic rings. The summed E-state index contributed by atoms with van der Waals surface area (Å²) in [5.41, 5.74) is -1.33. The fraction of sp³-hybridized carbons (Fsp3) is 0.520. The Morgan fingerprint density at radius 3 is 1.88 bits per heavy atom. The van der Waals surface area contributed by atoms with Crippen molar-refractivity contribution in [2.45, 2.75) is 69.5 Å². The summed E-state index contributed by atoms with van der Waals surface area (Å²) in [6.07, 6.45) is -2.52. The summed E-state index contributed by atoms with van der Waals surface area (Å²) in [6.45, 7) is 9.70. The van der Waals surface area contributed by atoms with Gasteiger partial charge in [-0.2, -0.15) is 0 Å². The minimum atomic E-state index is -2.86. The van der Waals surface area contributed by atoms with Gasteiger partial charge in [-0.25, -0.2) is 0 Å². The lowest BCUT2D eigenvalue weighted by Crippen LogP contribution is -2.68. The van der Waals surface area contributed by atoms with Crippen LogP contribution in [0.5, 0.6) is 0 Å². The van der Waals surface area contributed by atoms with Crippen LogP contribution in [0.25, 0.3) is 0 Å². The van der Waals surface area contributed by atoms with Crippen LogP contribution in [0.2, 0.25) is 5.04 Å². The van der Waals surface area contributed by atoms with E-state index in [9.17, 15) is 10.2 Å². The Labute approximate surface area is 191 Å². The smallest absolute Gasteiger partial charge is 0.261 e. The molecule has 0 spiro atoms. The molecule has 0 unspecified atom stereocenters. The minimum Gasteiger partial charge on any atom is -0.404 e. The van der Waals surface area contributed by atoms with Gasteiger partial charge in [0.25, 0.3) is 8.32 Å². The van der Waals surface area contributed by atoms with Crippen LogP contribution in [0.3, 0.4) is 0 Å². The lowest BCUT2D eigenvalue weighted by molar-refractivity contribution is -0.251. The zero-order chi connectivity index (χ0) is 23.2. The summed E-state index contributed by atoms with van der Waals surface area (Å²) in [5, 5.41) is 23.5. The molecule has 4 atom stereocenters. The van der Waals surface area contributed by atoms with Crippen molar-refractivity contribution in [2.24, 2.45) is 0 Å². The van der Waals surface area contributed by atoms with Gasteiger partial charge in [0, 0.05) is 0 Å². The van der Waals surface area contributed by atoms with Gasteiger partial charge < -0.3 is 28.8 Å². The second kappa shape index (κ2) is 8.33. The Hall–Kier alpha value is -1.58. The molecule has 2 aromatic rings. The third-order valence-corrected chi connectivity index (χ3v) is 11.5. The van der Waals surface area contributed by atoms with Crippen LogP contribution in [0, 0.1) is 0 Å². The van der Waals surface area contributed by atoms with Crippen molar-refractivity contribution < 1.29 is 28.8 Å². The molecule has 2 saturated heterocycles. The fourth-order valence-corrected chi connectivity index (χ4v) is 9.57. The number of ether oxygens (including phenoxy) is 3. The maximum absolute atomic E-state index is 11.1. The van der Waals surface area contributed by atoms with Crippen LogP contribution >= 0.6 is 0 Å². The summed E-state index contributed by atoms with van der Waals surface area (Å²) in [6, 6.07) is 20.5.